The zero-order chi connectivity index (χ0) is 9.84. The summed E-state index contributed by atoms with van der Waals surface area (Å²) in [5.41, 5.74) is 2.57. The van der Waals surface area contributed by atoms with E-state index in [9.17, 15) is 0 Å². The molecule has 1 aromatic rings. The molecule has 0 aromatic heterocycles. The van der Waals surface area contributed by atoms with Crippen molar-refractivity contribution >= 4 is 21.6 Å². The van der Waals surface area contributed by atoms with E-state index in [-0.39, 0.29) is 0 Å². The third-order valence-corrected chi connectivity index (χ3v) is 2.39. The molecule has 72 valence electrons. The van der Waals surface area contributed by atoms with Crippen LogP contribution in [-0.2, 0) is 6.54 Å². The van der Waals surface area contributed by atoms with Crippen LogP contribution in [0.15, 0.2) is 22.7 Å². The molecule has 0 aliphatic heterocycles. The molecular weight excluding hydrogens is 228 g/mol. The van der Waals surface area contributed by atoms with Crippen LogP contribution in [0.5, 0.6) is 0 Å². The van der Waals surface area contributed by atoms with Crippen molar-refractivity contribution in [3.8, 4) is 0 Å². The summed E-state index contributed by atoms with van der Waals surface area (Å²) in [6, 6.07) is 6.34. The van der Waals surface area contributed by atoms with Gasteiger partial charge in [0.1, 0.15) is 0 Å². The van der Waals surface area contributed by atoms with Gasteiger partial charge < -0.3 is 10.2 Å². The summed E-state index contributed by atoms with van der Waals surface area (Å²) in [7, 11) is 6.07. The Kier molecular flexibility index (Phi) is 3.75. The SMILES string of the molecule is CNCc1ccc(Br)cc1N(C)C. The van der Waals surface area contributed by atoms with E-state index in [1.807, 2.05) is 7.05 Å². The quantitative estimate of drug-likeness (QED) is 0.875. The smallest absolute Gasteiger partial charge is 0.0417 e. The minimum atomic E-state index is 0.904. The number of hydrogen-bond donors (Lipinski definition) is 1. The molecule has 0 amide bonds. The van der Waals surface area contributed by atoms with E-state index in [2.05, 4.69) is 58.4 Å². The molecule has 0 fully saturated rings. The van der Waals surface area contributed by atoms with E-state index in [4.69, 9.17) is 0 Å². The Balaban J connectivity index is 3.03. The minimum Gasteiger partial charge on any atom is -0.377 e. The molecule has 1 rings (SSSR count). The Morgan fingerprint density at radius 1 is 1.38 bits per heavy atom. The summed E-state index contributed by atoms with van der Waals surface area (Å²) >= 11 is 3.47. The van der Waals surface area contributed by atoms with Gasteiger partial charge in [-0.3, -0.25) is 0 Å². The van der Waals surface area contributed by atoms with Gasteiger partial charge >= 0.3 is 0 Å². The van der Waals surface area contributed by atoms with Crippen LogP contribution in [0.3, 0.4) is 0 Å². The second-order valence-corrected chi connectivity index (χ2v) is 4.11. The molecule has 2 nitrogen and oxygen atoms in total. The Labute approximate surface area is 88.1 Å². The molecule has 0 saturated carbocycles. The second kappa shape index (κ2) is 4.63. The van der Waals surface area contributed by atoms with Crippen molar-refractivity contribution in [3.05, 3.63) is 28.2 Å². The van der Waals surface area contributed by atoms with E-state index in [0.29, 0.717) is 0 Å². The molecule has 1 N–H and O–H groups in total. The van der Waals surface area contributed by atoms with Crippen LogP contribution in [0, 0.1) is 0 Å². The van der Waals surface area contributed by atoms with Gasteiger partial charge in [-0.25, -0.2) is 0 Å². The van der Waals surface area contributed by atoms with Gasteiger partial charge in [-0.2, -0.15) is 0 Å². The summed E-state index contributed by atoms with van der Waals surface area (Å²) in [5, 5.41) is 3.16. The van der Waals surface area contributed by atoms with Crippen LogP contribution in [0.2, 0.25) is 0 Å². The topological polar surface area (TPSA) is 15.3 Å². The molecular formula is C10H15BrN2. The van der Waals surface area contributed by atoms with Gasteiger partial charge in [-0.15, -0.1) is 0 Å². The standard InChI is InChI=1S/C10H15BrN2/c1-12-7-8-4-5-9(11)6-10(8)13(2)3/h4-6,12H,7H2,1-3H3. The highest BCUT2D eigenvalue weighted by Gasteiger charge is 2.03. The molecule has 0 spiro atoms. The van der Waals surface area contributed by atoms with Gasteiger partial charge in [-0.1, -0.05) is 22.0 Å². The summed E-state index contributed by atoms with van der Waals surface area (Å²) in [5.74, 6) is 0. The lowest BCUT2D eigenvalue weighted by molar-refractivity contribution is 0.814. The maximum absolute atomic E-state index is 3.47. The van der Waals surface area contributed by atoms with Gasteiger partial charge in [0.15, 0.2) is 0 Å². The number of rotatable bonds is 3. The largest absolute Gasteiger partial charge is 0.377 e. The van der Waals surface area contributed by atoms with Crippen LogP contribution in [0.25, 0.3) is 0 Å². The normalized spacial score (nSPS) is 10.2. The van der Waals surface area contributed by atoms with Crippen molar-refractivity contribution in [1.82, 2.24) is 5.32 Å². The van der Waals surface area contributed by atoms with Crippen LogP contribution >= 0.6 is 15.9 Å². The van der Waals surface area contributed by atoms with E-state index in [0.717, 1.165) is 11.0 Å². The molecule has 0 bridgehead atoms. The van der Waals surface area contributed by atoms with E-state index in [1.165, 1.54) is 11.3 Å². The van der Waals surface area contributed by atoms with Crippen molar-refractivity contribution < 1.29 is 0 Å². The number of benzene rings is 1. The fourth-order valence-electron chi connectivity index (χ4n) is 1.29. The number of halogens is 1. The van der Waals surface area contributed by atoms with Gasteiger partial charge in [-0.05, 0) is 24.7 Å². The minimum absolute atomic E-state index is 0.904. The van der Waals surface area contributed by atoms with Crippen LogP contribution in [0.4, 0.5) is 5.69 Å². The highest BCUT2D eigenvalue weighted by molar-refractivity contribution is 9.10. The Hall–Kier alpha value is -0.540. The molecule has 0 atom stereocenters. The van der Waals surface area contributed by atoms with Crippen LogP contribution in [0.1, 0.15) is 5.56 Å². The zero-order valence-corrected chi connectivity index (χ0v) is 9.85. The second-order valence-electron chi connectivity index (χ2n) is 3.20. The molecule has 13 heavy (non-hydrogen) atoms. The van der Waals surface area contributed by atoms with Crippen molar-refractivity contribution in [2.45, 2.75) is 6.54 Å². The van der Waals surface area contributed by atoms with Gasteiger partial charge in [0, 0.05) is 30.8 Å². The number of anilines is 1. The zero-order valence-electron chi connectivity index (χ0n) is 8.26. The average molecular weight is 243 g/mol. The molecule has 0 aliphatic carbocycles. The third-order valence-electron chi connectivity index (χ3n) is 1.90. The Morgan fingerprint density at radius 3 is 2.62 bits per heavy atom. The monoisotopic (exact) mass is 242 g/mol. The first-order valence-corrected chi connectivity index (χ1v) is 5.05. The molecule has 0 aliphatic rings. The number of hydrogen-bond acceptors (Lipinski definition) is 2. The van der Waals surface area contributed by atoms with Crippen LogP contribution < -0.4 is 10.2 Å². The summed E-state index contributed by atoms with van der Waals surface area (Å²) in [6.45, 7) is 0.904. The number of nitrogens with one attached hydrogen (secondary N) is 1. The summed E-state index contributed by atoms with van der Waals surface area (Å²) in [4.78, 5) is 2.12. The highest BCUT2D eigenvalue weighted by Crippen LogP contribution is 2.23. The van der Waals surface area contributed by atoms with E-state index >= 15 is 0 Å². The number of nitrogens with zero attached hydrogens (tertiary/aromatic N) is 1. The molecule has 0 saturated heterocycles. The van der Waals surface area contributed by atoms with Gasteiger partial charge in [0.2, 0.25) is 0 Å². The predicted molar refractivity (Wildman–Crippen MR) is 61.2 cm³/mol. The molecule has 3 heteroatoms. The fraction of sp³-hybridized carbons (Fsp3) is 0.400. The maximum Gasteiger partial charge on any atom is 0.0417 e. The Morgan fingerprint density at radius 2 is 2.08 bits per heavy atom. The first-order chi connectivity index (χ1) is 6.15. The molecule has 0 radical (unpaired) electrons. The van der Waals surface area contributed by atoms with Gasteiger partial charge in [0.25, 0.3) is 0 Å². The van der Waals surface area contributed by atoms with Crippen molar-refractivity contribution in [3.63, 3.8) is 0 Å². The molecule has 0 heterocycles. The summed E-state index contributed by atoms with van der Waals surface area (Å²) in [6.07, 6.45) is 0. The molecule has 0 unspecified atom stereocenters. The lowest BCUT2D eigenvalue weighted by atomic mass is 10.1. The average Bonchev–Trinajstić information content (AvgIpc) is 2.08. The lowest BCUT2D eigenvalue weighted by Gasteiger charge is -2.17. The lowest BCUT2D eigenvalue weighted by Crippen LogP contribution is -2.14. The van der Waals surface area contributed by atoms with E-state index < -0.39 is 0 Å². The van der Waals surface area contributed by atoms with Crippen LogP contribution in [-0.4, -0.2) is 21.1 Å². The maximum atomic E-state index is 3.47. The predicted octanol–water partition coefficient (Wildman–Crippen LogP) is 2.23. The first kappa shape index (κ1) is 10.5. The van der Waals surface area contributed by atoms with Crippen molar-refractivity contribution in [2.75, 3.05) is 26.0 Å². The van der Waals surface area contributed by atoms with Gasteiger partial charge in [0.05, 0.1) is 0 Å². The molecule has 1 aromatic carbocycles. The summed E-state index contributed by atoms with van der Waals surface area (Å²) < 4.78 is 1.12. The van der Waals surface area contributed by atoms with E-state index in [1.54, 1.807) is 0 Å². The fourth-order valence-corrected chi connectivity index (χ4v) is 1.64. The first-order valence-electron chi connectivity index (χ1n) is 4.25. The Bertz CT molecular complexity index is 284. The van der Waals surface area contributed by atoms with Crippen molar-refractivity contribution in [2.24, 2.45) is 0 Å². The third kappa shape index (κ3) is 2.71. The van der Waals surface area contributed by atoms with Crippen molar-refractivity contribution in [1.29, 1.82) is 0 Å². The highest BCUT2D eigenvalue weighted by atomic mass is 79.9.